The Kier molecular flexibility index (Phi) is 9.69. The van der Waals surface area contributed by atoms with Gasteiger partial charge >= 0.3 is 30.0 Å². The van der Waals surface area contributed by atoms with E-state index in [1.165, 1.54) is 20.8 Å². The van der Waals surface area contributed by atoms with Gasteiger partial charge in [0.15, 0.2) is 14.4 Å². The van der Waals surface area contributed by atoms with Gasteiger partial charge in [-0.3, -0.25) is 19.2 Å². The predicted molar refractivity (Wildman–Crippen MR) is 169 cm³/mol. The number of alkyl halides is 3. The number of amides is 1. The summed E-state index contributed by atoms with van der Waals surface area (Å²) < 4.78 is 66.4. The van der Waals surface area contributed by atoms with Crippen LogP contribution < -0.4 is 0 Å². The second-order valence-electron chi connectivity index (χ2n) is 16.4. The minimum absolute atomic E-state index is 0.145. The maximum absolute atomic E-state index is 13.6. The molecular formula is C34H52F3NO8Si. The van der Waals surface area contributed by atoms with Gasteiger partial charge in [0, 0.05) is 56.5 Å². The summed E-state index contributed by atoms with van der Waals surface area (Å²) in [4.78, 5) is 51.9. The van der Waals surface area contributed by atoms with Gasteiger partial charge in [0.25, 0.3) is 0 Å². The van der Waals surface area contributed by atoms with Crippen molar-refractivity contribution in [1.29, 1.82) is 0 Å². The zero-order valence-electron chi connectivity index (χ0n) is 29.8. The minimum Gasteiger partial charge on any atom is -0.462 e. The van der Waals surface area contributed by atoms with Gasteiger partial charge < -0.3 is 23.5 Å². The van der Waals surface area contributed by atoms with Crippen LogP contribution in [0.25, 0.3) is 0 Å². The van der Waals surface area contributed by atoms with E-state index >= 15 is 0 Å². The van der Waals surface area contributed by atoms with Crippen LogP contribution in [0.15, 0.2) is 11.1 Å². The number of fused-ring (bicyclic) bond motifs is 5. The van der Waals surface area contributed by atoms with Gasteiger partial charge in [0.2, 0.25) is 0 Å². The van der Waals surface area contributed by atoms with Crippen LogP contribution in [0.4, 0.5) is 13.2 Å². The normalized spacial score (nSPS) is 35.3. The highest BCUT2D eigenvalue weighted by Crippen LogP contribution is 2.63. The van der Waals surface area contributed by atoms with Crippen LogP contribution in [0, 0.1) is 28.6 Å². The average Bonchev–Trinajstić information content (AvgIpc) is 2.86. The molecule has 1 aliphatic heterocycles. The van der Waals surface area contributed by atoms with Gasteiger partial charge in [-0.2, -0.15) is 13.2 Å². The molecular weight excluding hydrogens is 635 g/mol. The molecule has 47 heavy (non-hydrogen) atoms. The monoisotopic (exact) mass is 687 g/mol. The molecule has 4 aliphatic rings. The molecule has 0 N–H and O–H groups in total. The molecule has 4 rings (SSSR count). The van der Waals surface area contributed by atoms with E-state index in [0.29, 0.717) is 6.42 Å². The molecule has 0 spiro atoms. The van der Waals surface area contributed by atoms with Crippen molar-refractivity contribution in [3.05, 3.63) is 11.1 Å². The van der Waals surface area contributed by atoms with Crippen LogP contribution in [0.5, 0.6) is 0 Å². The van der Waals surface area contributed by atoms with E-state index in [-0.39, 0.29) is 24.4 Å². The lowest BCUT2D eigenvalue weighted by atomic mass is 9.46. The average molecular weight is 688 g/mol. The number of esters is 3. The first kappa shape index (κ1) is 37.4. The van der Waals surface area contributed by atoms with E-state index < -0.39 is 97.4 Å². The first-order valence-electron chi connectivity index (χ1n) is 16.5. The van der Waals surface area contributed by atoms with Crippen molar-refractivity contribution in [1.82, 2.24) is 4.90 Å². The summed E-state index contributed by atoms with van der Waals surface area (Å²) in [5.74, 6) is -5.18. The number of nitrogens with zero attached hydrogens (tertiary/aromatic N) is 1. The number of likely N-dealkylation sites (tertiary alicyclic amines) is 1. The lowest BCUT2D eigenvalue weighted by Gasteiger charge is -2.66. The van der Waals surface area contributed by atoms with E-state index in [2.05, 4.69) is 33.9 Å². The summed E-state index contributed by atoms with van der Waals surface area (Å²) in [5.41, 5.74) is -0.202. The topological polar surface area (TPSA) is 108 Å². The third-order valence-corrected chi connectivity index (χ3v) is 16.6. The van der Waals surface area contributed by atoms with Crippen molar-refractivity contribution >= 4 is 32.1 Å². The second kappa shape index (κ2) is 12.2. The fourth-order valence-electron chi connectivity index (χ4n) is 8.92. The van der Waals surface area contributed by atoms with Crippen LogP contribution in [0.3, 0.4) is 0 Å². The maximum Gasteiger partial charge on any atom is 0.471 e. The zero-order valence-corrected chi connectivity index (χ0v) is 30.8. The SMILES string of the molecule is CC(=O)O[C@H]1[C@@H]2[C@@H]3CN(C(=O)C(F)(F)F)[C@@H]3CC[C@@]2(C)[C@@H](OC(C)=O)[C@H](OC(C)=O)C2=C(C)[C@@H](O[Si](C)(C)C(C)(C)C)C[C@@H]1C2(C)C. The van der Waals surface area contributed by atoms with Crippen LogP contribution >= 0.6 is 0 Å². The third-order valence-electron chi connectivity index (χ3n) is 12.1. The van der Waals surface area contributed by atoms with E-state index in [9.17, 15) is 32.3 Å². The summed E-state index contributed by atoms with van der Waals surface area (Å²) in [5, 5.41) is -0.145. The third kappa shape index (κ3) is 6.51. The Bertz CT molecular complexity index is 1340. The first-order valence-corrected chi connectivity index (χ1v) is 19.4. The highest BCUT2D eigenvalue weighted by molar-refractivity contribution is 6.74. The molecule has 3 aliphatic carbocycles. The van der Waals surface area contributed by atoms with Crippen molar-refractivity contribution in [3.8, 4) is 0 Å². The van der Waals surface area contributed by atoms with Gasteiger partial charge in [-0.15, -0.1) is 0 Å². The number of hydrogen-bond donors (Lipinski definition) is 0. The van der Waals surface area contributed by atoms with Crippen LogP contribution in [-0.4, -0.2) is 80.2 Å². The molecule has 3 fully saturated rings. The van der Waals surface area contributed by atoms with Gasteiger partial charge in [-0.05, 0) is 60.9 Å². The Labute approximate surface area is 277 Å². The molecule has 0 aromatic carbocycles. The molecule has 0 unspecified atom stereocenters. The molecule has 1 amide bonds. The van der Waals surface area contributed by atoms with Crippen molar-refractivity contribution in [2.45, 2.75) is 143 Å². The number of rotatable bonds is 5. The van der Waals surface area contributed by atoms with E-state index in [1.807, 2.05) is 27.7 Å². The fourth-order valence-corrected chi connectivity index (χ4v) is 10.3. The summed E-state index contributed by atoms with van der Waals surface area (Å²) >= 11 is 0. The molecule has 2 bridgehead atoms. The predicted octanol–water partition coefficient (Wildman–Crippen LogP) is 6.35. The van der Waals surface area contributed by atoms with E-state index in [4.69, 9.17) is 18.6 Å². The Hall–Kier alpha value is -2.41. The van der Waals surface area contributed by atoms with Crippen LogP contribution in [-0.2, 0) is 37.8 Å². The lowest BCUT2D eigenvalue weighted by molar-refractivity contribution is -0.242. The highest BCUT2D eigenvalue weighted by atomic mass is 28.4. The minimum atomic E-state index is -5.03. The van der Waals surface area contributed by atoms with Crippen molar-refractivity contribution in [3.63, 3.8) is 0 Å². The van der Waals surface area contributed by atoms with Gasteiger partial charge in [-0.25, -0.2) is 0 Å². The Morgan fingerprint density at radius 3 is 1.96 bits per heavy atom. The largest absolute Gasteiger partial charge is 0.471 e. The second-order valence-corrected chi connectivity index (χ2v) is 21.2. The molecule has 1 saturated heterocycles. The summed E-state index contributed by atoms with van der Waals surface area (Å²) in [7, 11) is -2.40. The number of ether oxygens (including phenoxy) is 3. The maximum atomic E-state index is 13.6. The van der Waals surface area contributed by atoms with Crippen molar-refractivity contribution in [2.24, 2.45) is 28.6 Å². The first-order chi connectivity index (χ1) is 21.3. The van der Waals surface area contributed by atoms with Gasteiger partial charge in [0.05, 0.1) is 6.10 Å². The highest BCUT2D eigenvalue weighted by Gasteiger charge is 2.69. The molecule has 0 aromatic heterocycles. The van der Waals surface area contributed by atoms with Gasteiger partial charge in [-0.1, -0.05) is 41.5 Å². The molecule has 0 aromatic rings. The lowest BCUT2D eigenvalue weighted by Crippen LogP contribution is -2.73. The molecule has 13 heteroatoms. The Balaban J connectivity index is 2.00. The summed E-state index contributed by atoms with van der Waals surface area (Å²) in [6, 6.07) is -0.743. The van der Waals surface area contributed by atoms with Crippen molar-refractivity contribution in [2.75, 3.05) is 6.54 Å². The Morgan fingerprint density at radius 2 is 1.47 bits per heavy atom. The molecule has 9 nitrogen and oxygen atoms in total. The van der Waals surface area contributed by atoms with E-state index in [1.54, 1.807) is 0 Å². The molecule has 0 radical (unpaired) electrons. The molecule has 9 atom stereocenters. The number of hydrogen-bond acceptors (Lipinski definition) is 8. The molecule has 2 saturated carbocycles. The standard InChI is InChI=1S/C34H52F3NO8Si/c1-17-24(46-47(11,12)31(5,6)7)15-22-27(43-18(2)39)26-21-16-38(30(42)34(35,36)37)23(21)13-14-33(26,10)29(45-20(4)41)28(44-19(3)40)25(17)32(22,8)9/h21-24,26-29H,13-16H2,1-12H3/t21-,22+,23-,24+,26+,27-,28-,29+,33-/m1/s1. The molecule has 266 valence electrons. The Morgan fingerprint density at radius 1 is 0.915 bits per heavy atom. The quantitative estimate of drug-likeness (QED) is 0.142. The van der Waals surface area contributed by atoms with Crippen LogP contribution in [0.2, 0.25) is 18.1 Å². The summed E-state index contributed by atoms with van der Waals surface area (Å²) in [6.45, 7) is 22.2. The van der Waals surface area contributed by atoms with E-state index in [0.717, 1.165) is 16.0 Å². The van der Waals surface area contributed by atoms with Crippen LogP contribution in [0.1, 0.15) is 88.5 Å². The van der Waals surface area contributed by atoms with Crippen molar-refractivity contribution < 1.29 is 51.0 Å². The molecule has 1 heterocycles. The fraction of sp³-hybridized carbons (Fsp3) is 0.824. The number of carbonyl (C=O) groups is 4. The zero-order chi connectivity index (χ0) is 35.8. The smallest absolute Gasteiger partial charge is 0.462 e. The number of carbonyl (C=O) groups excluding carboxylic acids is 4. The summed E-state index contributed by atoms with van der Waals surface area (Å²) in [6.07, 6.45) is -7.50. The van der Waals surface area contributed by atoms with Gasteiger partial charge in [0.1, 0.15) is 12.2 Å². The number of halogens is 3.